The number of rotatable bonds is 3. The summed E-state index contributed by atoms with van der Waals surface area (Å²) in [7, 11) is 0. The maximum atomic E-state index is 4.94. The summed E-state index contributed by atoms with van der Waals surface area (Å²) in [5.74, 6) is 7.34. The molecule has 0 heterocycles. The molecule has 1 saturated carbocycles. The van der Waals surface area contributed by atoms with E-state index < -0.39 is 0 Å². The molecular weight excluding hydrogens is 477 g/mol. The molecule has 8 radical (unpaired) electrons. The summed E-state index contributed by atoms with van der Waals surface area (Å²) < 4.78 is 0. The Morgan fingerprint density at radius 3 is 1.39 bits per heavy atom. The van der Waals surface area contributed by atoms with Crippen molar-refractivity contribution in [1.29, 1.82) is 0 Å². The standard InChI is InChI=1S/C11H12S.C10H15.Ir/c1-9(7-8-10(2)12)11-5-3-4-6-11;1-6-7(2)9(4)10(5)8(6)3;/h3-8H,1-2H3;1-5H3;/q-1;;+3. The second-order valence-corrected chi connectivity index (χ2v) is 6.57. The van der Waals surface area contributed by atoms with Crippen molar-refractivity contribution in [3.63, 3.8) is 0 Å². The summed E-state index contributed by atoms with van der Waals surface area (Å²) in [5, 5.41) is 0.918. The minimum atomic E-state index is 0. The van der Waals surface area contributed by atoms with Gasteiger partial charge in [0.2, 0.25) is 0 Å². The van der Waals surface area contributed by atoms with Gasteiger partial charge in [0.15, 0.2) is 0 Å². The smallest absolute Gasteiger partial charge is 0.787 e. The Hall–Kier alpha value is 0.219. The van der Waals surface area contributed by atoms with Crippen LogP contribution in [-0.4, -0.2) is 0 Å². The van der Waals surface area contributed by atoms with Crippen LogP contribution in [0.15, 0.2) is 35.5 Å². The Labute approximate surface area is 164 Å². The van der Waals surface area contributed by atoms with Gasteiger partial charge in [-0.05, 0) is 48.5 Å². The van der Waals surface area contributed by atoms with E-state index in [9.17, 15) is 0 Å². The molecule has 0 spiro atoms. The van der Waals surface area contributed by atoms with E-state index >= 15 is 0 Å². The van der Waals surface area contributed by atoms with Gasteiger partial charge in [-0.3, -0.25) is 0 Å². The molecule has 124 valence electrons. The Kier molecular flexibility index (Phi) is 11.1. The fraction of sp³-hybridized carbons (Fsp3) is 0.333. The quantitative estimate of drug-likeness (QED) is 0.432. The number of hydrogen-bond donors (Lipinski definition) is 0. The summed E-state index contributed by atoms with van der Waals surface area (Å²) in [6, 6.07) is 0. The predicted octanol–water partition coefficient (Wildman–Crippen LogP) is 5.91. The Morgan fingerprint density at radius 1 is 0.739 bits per heavy atom. The molecule has 0 N–H and O–H groups in total. The fourth-order valence-corrected chi connectivity index (χ4v) is 2.45. The zero-order chi connectivity index (χ0) is 16.9. The summed E-state index contributed by atoms with van der Waals surface area (Å²) in [6.45, 7) is 15.0. The van der Waals surface area contributed by atoms with Crippen LogP contribution in [0.2, 0.25) is 0 Å². The molecule has 2 aliphatic carbocycles. The molecular formula is C21H27IrS+2. The Bertz CT molecular complexity index is 374. The van der Waals surface area contributed by atoms with Crippen molar-refractivity contribution in [1.82, 2.24) is 0 Å². The molecule has 0 aromatic rings. The van der Waals surface area contributed by atoms with Crippen molar-refractivity contribution in [2.45, 2.75) is 48.5 Å². The molecule has 2 rings (SSSR count). The van der Waals surface area contributed by atoms with Crippen molar-refractivity contribution in [3.05, 3.63) is 83.1 Å². The third-order valence-electron chi connectivity index (χ3n) is 4.50. The maximum absolute atomic E-state index is 4.94. The van der Waals surface area contributed by atoms with Gasteiger partial charge in [-0.15, -0.1) is 0 Å². The molecule has 0 amide bonds. The fourth-order valence-electron chi connectivity index (χ4n) is 2.38. The van der Waals surface area contributed by atoms with E-state index in [4.69, 9.17) is 12.6 Å². The molecule has 0 unspecified atom stereocenters. The number of allylic oxidation sites excluding steroid dienone is 6. The SMILES string of the molecule is C[C]([S-])[CH][CH]C(C)=C1C=CC=C1.C[C]1[C](C)[C](C)[C](C)[C]1C.[Ir+3]. The van der Waals surface area contributed by atoms with Crippen LogP contribution in [0.25, 0.3) is 0 Å². The van der Waals surface area contributed by atoms with Gasteiger partial charge in [-0.1, -0.05) is 77.8 Å². The van der Waals surface area contributed by atoms with Crippen molar-refractivity contribution in [2.75, 3.05) is 0 Å². The molecule has 23 heavy (non-hydrogen) atoms. The molecule has 1 fully saturated rings. The van der Waals surface area contributed by atoms with Crippen LogP contribution < -0.4 is 0 Å². The summed E-state index contributed by atoms with van der Waals surface area (Å²) in [6.07, 6.45) is 12.3. The van der Waals surface area contributed by atoms with Crippen LogP contribution in [0.1, 0.15) is 48.5 Å². The molecule has 0 saturated heterocycles. The predicted molar refractivity (Wildman–Crippen MR) is 100 cm³/mol. The van der Waals surface area contributed by atoms with Crippen LogP contribution in [0.3, 0.4) is 0 Å². The van der Waals surface area contributed by atoms with Crippen LogP contribution in [0.4, 0.5) is 0 Å². The minimum Gasteiger partial charge on any atom is -0.787 e. The van der Waals surface area contributed by atoms with E-state index in [-0.39, 0.29) is 20.1 Å². The van der Waals surface area contributed by atoms with Crippen molar-refractivity contribution < 1.29 is 20.1 Å². The molecule has 0 nitrogen and oxygen atoms in total. The topological polar surface area (TPSA) is 0 Å². The first-order chi connectivity index (χ1) is 10.3. The number of hydrogen-bond acceptors (Lipinski definition) is 1. The molecule has 2 heteroatoms. The Morgan fingerprint density at radius 2 is 1.09 bits per heavy atom. The first-order valence-electron chi connectivity index (χ1n) is 7.69. The van der Waals surface area contributed by atoms with E-state index in [1.807, 2.05) is 25.5 Å². The first-order valence-corrected chi connectivity index (χ1v) is 8.10. The van der Waals surface area contributed by atoms with E-state index in [0.29, 0.717) is 0 Å². The van der Waals surface area contributed by atoms with E-state index in [1.54, 1.807) is 0 Å². The third kappa shape index (κ3) is 6.92. The second-order valence-electron chi connectivity index (χ2n) is 5.93. The van der Waals surface area contributed by atoms with Gasteiger partial charge in [-0.25, -0.2) is 0 Å². The largest absolute Gasteiger partial charge is 3.00 e. The van der Waals surface area contributed by atoms with Gasteiger partial charge < -0.3 is 12.6 Å². The zero-order valence-corrected chi connectivity index (χ0v) is 18.4. The first kappa shape index (κ1) is 23.2. The van der Waals surface area contributed by atoms with Gasteiger partial charge in [0.05, 0.1) is 0 Å². The van der Waals surface area contributed by atoms with Crippen molar-refractivity contribution in [2.24, 2.45) is 0 Å². The molecule has 0 bridgehead atoms. The molecule has 0 aromatic carbocycles. The van der Waals surface area contributed by atoms with E-state index in [2.05, 4.69) is 60.1 Å². The Balaban J connectivity index is 0.000000409. The zero-order valence-electron chi connectivity index (χ0n) is 15.2. The second kappa shape index (κ2) is 11.0. The summed E-state index contributed by atoms with van der Waals surface area (Å²) >= 11 is 4.94. The maximum Gasteiger partial charge on any atom is 3.00 e. The van der Waals surface area contributed by atoms with Gasteiger partial charge >= 0.3 is 20.1 Å². The third-order valence-corrected chi connectivity index (χ3v) is 4.63. The van der Waals surface area contributed by atoms with Gasteiger partial charge in [-0.2, -0.15) is 5.25 Å². The van der Waals surface area contributed by atoms with E-state index in [1.165, 1.54) is 40.7 Å². The monoisotopic (exact) mass is 504 g/mol. The van der Waals surface area contributed by atoms with E-state index in [0.717, 1.165) is 5.25 Å². The molecule has 0 atom stereocenters. The average Bonchev–Trinajstić information content (AvgIpc) is 3.08. The van der Waals surface area contributed by atoms with Crippen molar-refractivity contribution in [3.8, 4) is 0 Å². The molecule has 0 aliphatic heterocycles. The van der Waals surface area contributed by atoms with Crippen molar-refractivity contribution >= 4 is 12.6 Å². The minimum absolute atomic E-state index is 0. The summed E-state index contributed by atoms with van der Waals surface area (Å²) in [5.41, 5.74) is 2.52. The normalized spacial score (nSPS) is 20.1. The molecule has 0 aromatic heterocycles. The van der Waals surface area contributed by atoms with Crippen LogP contribution >= 0.6 is 0 Å². The van der Waals surface area contributed by atoms with Crippen LogP contribution in [0, 0.1) is 47.7 Å². The van der Waals surface area contributed by atoms with Gasteiger partial charge in [0.25, 0.3) is 0 Å². The average molecular weight is 504 g/mol. The van der Waals surface area contributed by atoms with Gasteiger partial charge in [0.1, 0.15) is 0 Å². The van der Waals surface area contributed by atoms with Crippen LogP contribution in [0.5, 0.6) is 0 Å². The van der Waals surface area contributed by atoms with Gasteiger partial charge in [0, 0.05) is 0 Å². The van der Waals surface area contributed by atoms with Crippen LogP contribution in [-0.2, 0) is 32.7 Å². The summed E-state index contributed by atoms with van der Waals surface area (Å²) in [4.78, 5) is 0. The molecule has 2 aliphatic rings.